The number of allylic oxidation sites excluding steroid dienone is 4. The van der Waals surface area contributed by atoms with E-state index >= 15 is 0 Å². The van der Waals surface area contributed by atoms with Gasteiger partial charge < -0.3 is 20.5 Å². The first-order valence-electron chi connectivity index (χ1n) is 12.6. The number of aromatic carboxylic acids is 1. The second-order valence-corrected chi connectivity index (χ2v) is 8.22. The van der Waals surface area contributed by atoms with Crippen LogP contribution in [0.1, 0.15) is 85.0 Å². The molecule has 0 radical (unpaired) electrons. The maximum absolute atomic E-state index is 11.4. The lowest BCUT2D eigenvalue weighted by molar-refractivity contribution is -0.121. The van der Waals surface area contributed by atoms with Crippen LogP contribution >= 0.6 is 0 Å². The van der Waals surface area contributed by atoms with E-state index < -0.39 is 5.97 Å². The summed E-state index contributed by atoms with van der Waals surface area (Å²) in [5, 5.41) is 13.7. The second-order valence-electron chi connectivity index (χ2n) is 8.22. The molecule has 1 aromatic rings. The van der Waals surface area contributed by atoms with Crippen LogP contribution in [-0.4, -0.2) is 49.4 Å². The lowest BCUT2D eigenvalue weighted by Gasteiger charge is -2.18. The molecule has 3 N–H and O–H groups in total. The van der Waals surface area contributed by atoms with E-state index in [-0.39, 0.29) is 17.6 Å². The van der Waals surface area contributed by atoms with Gasteiger partial charge in [-0.1, -0.05) is 76.6 Å². The summed E-state index contributed by atoms with van der Waals surface area (Å²) in [5.41, 5.74) is -0.0578. The lowest BCUT2D eigenvalue weighted by atomic mass is 10.1. The Balaban J connectivity index is -0.000000215. The average Bonchev–Trinajstić information content (AvgIpc) is 2.87. The highest BCUT2D eigenvalue weighted by Gasteiger charge is 2.14. The third kappa shape index (κ3) is 35.1. The quantitative estimate of drug-likeness (QED) is 0.245. The number of alkyl carbamates (subject to hydrolysis) is 1. The Morgan fingerprint density at radius 3 is 1.97 bits per heavy atom. The van der Waals surface area contributed by atoms with Crippen LogP contribution in [0.2, 0.25) is 0 Å². The van der Waals surface area contributed by atoms with E-state index in [0.29, 0.717) is 25.1 Å². The van der Waals surface area contributed by atoms with Gasteiger partial charge in [-0.05, 0) is 52.2 Å². The van der Waals surface area contributed by atoms with Crippen molar-refractivity contribution in [1.29, 1.82) is 0 Å². The van der Waals surface area contributed by atoms with Crippen LogP contribution in [-0.2, 0) is 9.53 Å². The van der Waals surface area contributed by atoms with Crippen molar-refractivity contribution in [3.05, 3.63) is 60.2 Å². The van der Waals surface area contributed by atoms with Crippen molar-refractivity contribution < 1.29 is 28.6 Å². The smallest absolute Gasteiger partial charge is 0.407 e. The molecule has 0 aromatic heterocycles. The highest BCUT2D eigenvalue weighted by atomic mass is 19.1. The molecule has 214 valence electrons. The SMILES string of the molecule is C/C=C\C=C/C(C)CC(=O)NCCCC.CC.CF.CNC(=O)OC(C)(C)C.O=C(O)c1ccccc1. The molecule has 0 saturated carbocycles. The van der Waals surface area contributed by atoms with E-state index in [0.717, 1.165) is 19.4 Å². The van der Waals surface area contributed by atoms with Gasteiger partial charge in [-0.3, -0.25) is 9.18 Å². The minimum absolute atomic E-state index is 0.154. The number of benzene rings is 1. The van der Waals surface area contributed by atoms with Gasteiger partial charge in [-0.2, -0.15) is 0 Å². The minimum atomic E-state index is -0.879. The number of carboxylic acid groups (broad SMARTS) is 1. The largest absolute Gasteiger partial charge is 0.478 e. The van der Waals surface area contributed by atoms with Crippen LogP contribution in [0.3, 0.4) is 0 Å². The van der Waals surface area contributed by atoms with Gasteiger partial charge in [0.1, 0.15) is 5.60 Å². The fourth-order valence-corrected chi connectivity index (χ4v) is 2.11. The third-order valence-corrected chi connectivity index (χ3v) is 3.73. The molecule has 1 unspecified atom stereocenters. The molecule has 0 aliphatic carbocycles. The number of unbranched alkanes of at least 4 members (excludes halogenated alkanes) is 1. The van der Waals surface area contributed by atoms with Crippen molar-refractivity contribution in [3.8, 4) is 0 Å². The summed E-state index contributed by atoms with van der Waals surface area (Å²) in [7, 11) is 2.04. The van der Waals surface area contributed by atoms with Gasteiger partial charge in [-0.15, -0.1) is 0 Å². The van der Waals surface area contributed by atoms with Crippen LogP contribution in [0.5, 0.6) is 0 Å². The number of carbonyl (C=O) groups is 3. The van der Waals surface area contributed by atoms with Crippen molar-refractivity contribution >= 4 is 18.0 Å². The highest BCUT2D eigenvalue weighted by molar-refractivity contribution is 5.87. The van der Waals surface area contributed by atoms with E-state index in [1.165, 1.54) is 7.05 Å². The fraction of sp³-hybridized carbons (Fsp3) is 0.552. The van der Waals surface area contributed by atoms with Crippen molar-refractivity contribution in [2.24, 2.45) is 5.92 Å². The number of nitrogens with one attached hydrogen (secondary N) is 2. The molecule has 0 spiro atoms. The minimum Gasteiger partial charge on any atom is -0.478 e. The zero-order chi connectivity index (χ0) is 29.7. The summed E-state index contributed by atoms with van der Waals surface area (Å²) in [6.07, 6.45) is 10.4. The molecule has 0 saturated heterocycles. The monoisotopic (exact) mass is 526 g/mol. The molecule has 1 rings (SSSR count). The molecule has 1 aromatic carbocycles. The molecular weight excluding hydrogens is 475 g/mol. The average molecular weight is 527 g/mol. The summed E-state index contributed by atoms with van der Waals surface area (Å²) in [5.74, 6) is -0.417. The highest BCUT2D eigenvalue weighted by Crippen LogP contribution is 2.05. The Bertz CT molecular complexity index is 730. The number of hydrogen-bond acceptors (Lipinski definition) is 4. The van der Waals surface area contributed by atoms with Gasteiger partial charge in [0.2, 0.25) is 5.91 Å². The lowest BCUT2D eigenvalue weighted by Crippen LogP contribution is -2.30. The summed E-state index contributed by atoms with van der Waals surface area (Å²) < 4.78 is 14.3. The zero-order valence-corrected chi connectivity index (χ0v) is 24.6. The number of amides is 2. The predicted octanol–water partition coefficient (Wildman–Crippen LogP) is 7.20. The van der Waals surface area contributed by atoms with Crippen molar-refractivity contribution in [1.82, 2.24) is 10.6 Å². The number of carboxylic acids is 1. The van der Waals surface area contributed by atoms with E-state index in [9.17, 15) is 18.8 Å². The van der Waals surface area contributed by atoms with Gasteiger partial charge in [-0.25, -0.2) is 9.59 Å². The first-order chi connectivity index (χ1) is 17.5. The summed E-state index contributed by atoms with van der Waals surface area (Å²) in [6, 6.07) is 8.30. The van der Waals surface area contributed by atoms with Crippen LogP contribution in [0, 0.1) is 5.92 Å². The Morgan fingerprint density at radius 1 is 1.08 bits per heavy atom. The summed E-state index contributed by atoms with van der Waals surface area (Å²) >= 11 is 0. The topological polar surface area (TPSA) is 105 Å². The zero-order valence-electron chi connectivity index (χ0n) is 24.6. The van der Waals surface area contributed by atoms with Crippen molar-refractivity contribution in [2.75, 3.05) is 20.8 Å². The normalized spacial score (nSPS) is 10.6. The molecule has 0 fully saturated rings. The molecule has 1 atom stereocenters. The van der Waals surface area contributed by atoms with Gasteiger partial charge in [0.15, 0.2) is 0 Å². The second kappa shape index (κ2) is 29.1. The number of alkyl halides is 1. The van der Waals surface area contributed by atoms with Gasteiger partial charge in [0, 0.05) is 20.0 Å². The van der Waals surface area contributed by atoms with Crippen molar-refractivity contribution in [3.63, 3.8) is 0 Å². The molecular formula is C29H51FN2O5. The van der Waals surface area contributed by atoms with E-state index in [4.69, 9.17) is 9.84 Å². The number of halogens is 1. The Labute approximate surface area is 224 Å². The first-order valence-corrected chi connectivity index (χ1v) is 12.6. The Hall–Kier alpha value is -3.16. The molecule has 7 nitrogen and oxygen atoms in total. The van der Waals surface area contributed by atoms with E-state index in [1.807, 2.05) is 59.8 Å². The van der Waals surface area contributed by atoms with Crippen LogP contribution in [0.25, 0.3) is 0 Å². The van der Waals surface area contributed by atoms with Crippen LogP contribution in [0.4, 0.5) is 9.18 Å². The van der Waals surface area contributed by atoms with Gasteiger partial charge in [0.25, 0.3) is 0 Å². The third-order valence-electron chi connectivity index (χ3n) is 3.73. The fourth-order valence-electron chi connectivity index (χ4n) is 2.11. The molecule has 0 aliphatic rings. The van der Waals surface area contributed by atoms with E-state index in [2.05, 4.69) is 30.6 Å². The van der Waals surface area contributed by atoms with E-state index in [1.54, 1.807) is 30.3 Å². The predicted molar refractivity (Wildman–Crippen MR) is 153 cm³/mol. The Morgan fingerprint density at radius 2 is 1.62 bits per heavy atom. The molecule has 0 aliphatic heterocycles. The number of hydrogen-bond donors (Lipinski definition) is 3. The first kappa shape index (κ1) is 41.0. The maximum Gasteiger partial charge on any atom is 0.407 e. The standard InChI is InChI=1S/C13H23NO.C7H6O2.C6H13NO2.C2H6.CH3F/c1-4-6-8-9-12(3)11-13(15)14-10-7-5-2;8-7(9)6-4-2-1-3-5-6;1-6(2,3)9-5(8)7-4;2*1-2/h4,6,8-9,12H,5,7,10-11H2,1-3H3,(H,14,15);1-5H,(H,8,9);1-4H3,(H,7,8);1-2H3;1H3/b6-4-,9-8-;;;;. The number of carbonyl (C=O) groups excluding carboxylic acids is 2. The molecule has 0 heterocycles. The van der Waals surface area contributed by atoms with Gasteiger partial charge >= 0.3 is 12.1 Å². The molecule has 8 heteroatoms. The summed E-state index contributed by atoms with van der Waals surface area (Å²) in [6.45, 7) is 16.4. The molecule has 37 heavy (non-hydrogen) atoms. The number of rotatable bonds is 8. The van der Waals surface area contributed by atoms with Gasteiger partial charge in [0.05, 0.1) is 12.7 Å². The van der Waals surface area contributed by atoms with Crippen molar-refractivity contribution in [2.45, 2.75) is 80.3 Å². The maximum atomic E-state index is 11.4. The molecule has 2 amide bonds. The summed E-state index contributed by atoms with van der Waals surface area (Å²) in [4.78, 5) is 32.1. The molecule has 0 bridgehead atoms. The van der Waals surface area contributed by atoms with Crippen LogP contribution < -0.4 is 10.6 Å². The number of ether oxygens (including phenoxy) is 1. The van der Waals surface area contributed by atoms with Crippen LogP contribution in [0.15, 0.2) is 54.6 Å². The Kier molecular flexibility index (Phi) is 32.2.